The quantitative estimate of drug-likeness (QED) is 0.721. The number of nitrogens with one attached hydrogen (secondary N) is 1. The van der Waals surface area contributed by atoms with Crippen LogP contribution in [0.5, 0.6) is 0 Å². The lowest BCUT2D eigenvalue weighted by Crippen LogP contribution is -2.59. The van der Waals surface area contributed by atoms with Crippen LogP contribution in [-0.2, 0) is 4.74 Å². The highest BCUT2D eigenvalue weighted by Crippen LogP contribution is 2.18. The minimum Gasteiger partial charge on any atom is -0.394 e. The van der Waals surface area contributed by atoms with Crippen LogP contribution < -0.4 is 5.32 Å². The first kappa shape index (κ1) is 15.9. The fraction of sp³-hybridized carbons (Fsp3) is 1.00. The van der Waals surface area contributed by atoms with Crippen molar-refractivity contribution in [2.45, 2.75) is 58.2 Å². The highest BCUT2D eigenvalue weighted by Gasteiger charge is 2.32. The SMILES string of the molecule is CCCNC(C)(CO)CN1CC(C)OCC1CC. The second kappa shape index (κ2) is 7.43. The molecule has 0 saturated carbocycles. The van der Waals surface area contributed by atoms with E-state index in [0.717, 1.165) is 39.1 Å². The molecule has 1 aliphatic rings. The van der Waals surface area contributed by atoms with E-state index in [1.165, 1.54) is 0 Å². The average Bonchev–Trinajstić information content (AvgIpc) is 2.37. The van der Waals surface area contributed by atoms with Gasteiger partial charge in [-0.05, 0) is 33.2 Å². The van der Waals surface area contributed by atoms with Crippen LogP contribution in [0.1, 0.15) is 40.5 Å². The second-order valence-corrected chi connectivity index (χ2v) is 5.78. The summed E-state index contributed by atoms with van der Waals surface area (Å²) in [6.45, 7) is 12.4. The molecule has 2 N–H and O–H groups in total. The lowest BCUT2D eigenvalue weighted by atomic mass is 10.00. The molecular weight excluding hydrogens is 228 g/mol. The molecule has 3 atom stereocenters. The molecule has 1 heterocycles. The van der Waals surface area contributed by atoms with Crippen molar-refractivity contribution in [1.82, 2.24) is 10.2 Å². The number of rotatable bonds is 7. The van der Waals surface area contributed by atoms with Crippen molar-refractivity contribution in [2.75, 3.05) is 32.8 Å². The molecule has 0 spiro atoms. The first-order chi connectivity index (χ1) is 8.54. The summed E-state index contributed by atoms with van der Waals surface area (Å²) < 4.78 is 5.72. The lowest BCUT2D eigenvalue weighted by Gasteiger charge is -2.43. The summed E-state index contributed by atoms with van der Waals surface area (Å²) in [6, 6.07) is 0.482. The van der Waals surface area contributed by atoms with Gasteiger partial charge in [0.05, 0.1) is 24.9 Å². The summed E-state index contributed by atoms with van der Waals surface area (Å²) in [7, 11) is 0. The Labute approximate surface area is 112 Å². The lowest BCUT2D eigenvalue weighted by molar-refractivity contribution is -0.0666. The maximum absolute atomic E-state index is 9.65. The zero-order valence-electron chi connectivity index (χ0n) is 12.4. The van der Waals surface area contributed by atoms with Crippen molar-refractivity contribution >= 4 is 0 Å². The molecule has 108 valence electrons. The molecule has 0 aromatic heterocycles. The molecule has 0 aromatic carbocycles. The molecule has 1 fully saturated rings. The second-order valence-electron chi connectivity index (χ2n) is 5.78. The summed E-state index contributed by atoms with van der Waals surface area (Å²) in [5.41, 5.74) is -0.208. The molecule has 0 aromatic rings. The molecule has 1 rings (SSSR count). The molecule has 0 aliphatic carbocycles. The Kier molecular flexibility index (Phi) is 6.57. The first-order valence-corrected chi connectivity index (χ1v) is 7.26. The maximum atomic E-state index is 9.65. The number of hydrogen-bond donors (Lipinski definition) is 2. The van der Waals surface area contributed by atoms with Crippen molar-refractivity contribution in [3.8, 4) is 0 Å². The number of morpholine rings is 1. The van der Waals surface area contributed by atoms with E-state index >= 15 is 0 Å². The van der Waals surface area contributed by atoms with E-state index in [4.69, 9.17) is 4.74 Å². The molecule has 0 amide bonds. The first-order valence-electron chi connectivity index (χ1n) is 7.26. The summed E-state index contributed by atoms with van der Waals surface area (Å²) in [5.74, 6) is 0. The van der Waals surface area contributed by atoms with Gasteiger partial charge in [0.2, 0.25) is 0 Å². The summed E-state index contributed by atoms with van der Waals surface area (Å²) in [6.07, 6.45) is 2.48. The van der Waals surface area contributed by atoms with E-state index in [0.29, 0.717) is 12.1 Å². The van der Waals surface area contributed by atoms with Gasteiger partial charge in [-0.1, -0.05) is 13.8 Å². The summed E-state index contributed by atoms with van der Waals surface area (Å²) >= 11 is 0. The fourth-order valence-electron chi connectivity index (χ4n) is 2.52. The van der Waals surface area contributed by atoms with Gasteiger partial charge in [-0.25, -0.2) is 0 Å². The number of aliphatic hydroxyl groups is 1. The van der Waals surface area contributed by atoms with Crippen molar-refractivity contribution in [3.05, 3.63) is 0 Å². The highest BCUT2D eigenvalue weighted by molar-refractivity contribution is 4.90. The number of ether oxygens (including phenoxy) is 1. The van der Waals surface area contributed by atoms with Gasteiger partial charge in [-0.15, -0.1) is 0 Å². The van der Waals surface area contributed by atoms with E-state index < -0.39 is 0 Å². The minimum atomic E-state index is -0.208. The van der Waals surface area contributed by atoms with Gasteiger partial charge in [0.25, 0.3) is 0 Å². The van der Waals surface area contributed by atoms with E-state index in [-0.39, 0.29) is 12.1 Å². The zero-order chi connectivity index (χ0) is 13.6. The number of nitrogens with zero attached hydrogens (tertiary/aromatic N) is 1. The Morgan fingerprint density at radius 3 is 2.72 bits per heavy atom. The molecule has 1 aliphatic heterocycles. The Morgan fingerprint density at radius 1 is 1.44 bits per heavy atom. The van der Waals surface area contributed by atoms with Crippen LogP contribution in [0.2, 0.25) is 0 Å². The normalized spacial score (nSPS) is 29.2. The third-order valence-electron chi connectivity index (χ3n) is 3.76. The van der Waals surface area contributed by atoms with Crippen LogP contribution in [0.15, 0.2) is 0 Å². The molecule has 0 radical (unpaired) electrons. The van der Waals surface area contributed by atoms with Crippen LogP contribution in [0.3, 0.4) is 0 Å². The monoisotopic (exact) mass is 258 g/mol. The van der Waals surface area contributed by atoms with Gasteiger partial charge in [0.15, 0.2) is 0 Å². The van der Waals surface area contributed by atoms with Crippen molar-refractivity contribution in [1.29, 1.82) is 0 Å². The van der Waals surface area contributed by atoms with Gasteiger partial charge in [-0.3, -0.25) is 4.90 Å². The van der Waals surface area contributed by atoms with Gasteiger partial charge < -0.3 is 15.2 Å². The Hall–Kier alpha value is -0.160. The third-order valence-corrected chi connectivity index (χ3v) is 3.76. The van der Waals surface area contributed by atoms with Crippen molar-refractivity contribution < 1.29 is 9.84 Å². The molecule has 4 heteroatoms. The Morgan fingerprint density at radius 2 is 2.17 bits per heavy atom. The predicted molar refractivity (Wildman–Crippen MR) is 74.9 cm³/mol. The third kappa shape index (κ3) is 4.50. The van der Waals surface area contributed by atoms with E-state index in [1.807, 2.05) is 0 Å². The van der Waals surface area contributed by atoms with E-state index in [2.05, 4.69) is 37.9 Å². The van der Waals surface area contributed by atoms with Gasteiger partial charge in [-0.2, -0.15) is 0 Å². The summed E-state index contributed by atoms with van der Waals surface area (Å²) in [4.78, 5) is 2.47. The minimum absolute atomic E-state index is 0.176. The Balaban J connectivity index is 2.59. The fourth-order valence-corrected chi connectivity index (χ4v) is 2.52. The molecule has 18 heavy (non-hydrogen) atoms. The van der Waals surface area contributed by atoms with E-state index in [1.54, 1.807) is 0 Å². The van der Waals surface area contributed by atoms with Crippen LogP contribution in [0.4, 0.5) is 0 Å². The van der Waals surface area contributed by atoms with E-state index in [9.17, 15) is 5.11 Å². The zero-order valence-corrected chi connectivity index (χ0v) is 12.4. The molecule has 0 bridgehead atoms. The van der Waals surface area contributed by atoms with Crippen LogP contribution in [0.25, 0.3) is 0 Å². The average molecular weight is 258 g/mol. The number of hydrogen-bond acceptors (Lipinski definition) is 4. The predicted octanol–water partition coefficient (Wildman–Crippen LogP) is 1.24. The Bertz CT molecular complexity index is 238. The van der Waals surface area contributed by atoms with Crippen molar-refractivity contribution in [3.63, 3.8) is 0 Å². The molecular formula is C14H30N2O2. The maximum Gasteiger partial charge on any atom is 0.0674 e. The molecule has 3 unspecified atom stereocenters. The van der Waals surface area contributed by atoms with Crippen molar-refractivity contribution in [2.24, 2.45) is 0 Å². The van der Waals surface area contributed by atoms with Gasteiger partial charge in [0.1, 0.15) is 0 Å². The largest absolute Gasteiger partial charge is 0.394 e. The van der Waals surface area contributed by atoms with Gasteiger partial charge >= 0.3 is 0 Å². The van der Waals surface area contributed by atoms with Gasteiger partial charge in [0, 0.05) is 19.1 Å². The smallest absolute Gasteiger partial charge is 0.0674 e. The van der Waals surface area contributed by atoms with Crippen LogP contribution in [-0.4, -0.2) is 60.5 Å². The molecule has 4 nitrogen and oxygen atoms in total. The molecule has 1 saturated heterocycles. The topological polar surface area (TPSA) is 44.7 Å². The van der Waals surface area contributed by atoms with Crippen LogP contribution in [0, 0.1) is 0 Å². The standard InChI is InChI=1S/C14H30N2O2/c1-5-7-15-14(4,11-17)10-16-8-12(3)18-9-13(16)6-2/h12-13,15,17H,5-11H2,1-4H3. The van der Waals surface area contributed by atoms with Crippen LogP contribution >= 0.6 is 0 Å². The summed E-state index contributed by atoms with van der Waals surface area (Å²) in [5, 5.41) is 13.1. The highest BCUT2D eigenvalue weighted by atomic mass is 16.5. The number of aliphatic hydroxyl groups excluding tert-OH is 1.